The Morgan fingerprint density at radius 1 is 1.78 bits per heavy atom. The number of rotatable bonds is 3. The fourth-order valence-corrected chi connectivity index (χ4v) is 0.366. The number of carbonyl (C=O) groups excluding carboxylic acids is 1. The molecule has 1 unspecified atom stereocenters. The molecule has 0 spiro atoms. The fourth-order valence-electron chi connectivity index (χ4n) is 0.366. The molecule has 0 saturated carbocycles. The Labute approximate surface area is 53.9 Å². The summed E-state index contributed by atoms with van der Waals surface area (Å²) < 4.78 is 4.35. The molecular formula is C5H11NO3. The Bertz CT molecular complexity index is 94.2. The summed E-state index contributed by atoms with van der Waals surface area (Å²) in [6.45, 7) is 1.69. The standard InChI is InChI=1S/C5H11NO3/c1-4(9-6)3-5(7)8-2/h4H,3,6H2,1-2H3. The molecule has 4 nitrogen and oxygen atoms in total. The molecule has 0 saturated heterocycles. The van der Waals surface area contributed by atoms with Gasteiger partial charge in [0.2, 0.25) is 0 Å². The van der Waals surface area contributed by atoms with Gasteiger partial charge in [-0.3, -0.25) is 4.79 Å². The van der Waals surface area contributed by atoms with Crippen LogP contribution in [0.3, 0.4) is 0 Å². The summed E-state index contributed by atoms with van der Waals surface area (Å²) in [4.78, 5) is 14.7. The maximum atomic E-state index is 10.4. The number of ether oxygens (including phenoxy) is 1. The first-order chi connectivity index (χ1) is 4.20. The molecule has 0 aromatic carbocycles. The lowest BCUT2D eigenvalue weighted by molar-refractivity contribution is -0.143. The monoisotopic (exact) mass is 133 g/mol. The van der Waals surface area contributed by atoms with E-state index in [0.29, 0.717) is 0 Å². The number of esters is 1. The van der Waals surface area contributed by atoms with E-state index in [1.54, 1.807) is 6.92 Å². The molecule has 2 N–H and O–H groups in total. The SMILES string of the molecule is COC(=O)CC(C)ON. The molecule has 0 fully saturated rings. The highest BCUT2D eigenvalue weighted by Crippen LogP contribution is 1.93. The van der Waals surface area contributed by atoms with Crippen molar-refractivity contribution in [3.63, 3.8) is 0 Å². The van der Waals surface area contributed by atoms with Gasteiger partial charge in [-0.05, 0) is 6.92 Å². The van der Waals surface area contributed by atoms with Gasteiger partial charge in [-0.15, -0.1) is 0 Å². The van der Waals surface area contributed by atoms with E-state index in [9.17, 15) is 4.79 Å². The summed E-state index contributed by atoms with van der Waals surface area (Å²) in [7, 11) is 1.32. The van der Waals surface area contributed by atoms with Gasteiger partial charge in [0, 0.05) is 0 Å². The minimum atomic E-state index is -0.312. The molecule has 0 aromatic rings. The zero-order valence-electron chi connectivity index (χ0n) is 5.59. The van der Waals surface area contributed by atoms with Gasteiger partial charge in [-0.25, -0.2) is 5.90 Å². The first-order valence-corrected chi connectivity index (χ1v) is 2.63. The number of hydrogen-bond donors (Lipinski definition) is 1. The van der Waals surface area contributed by atoms with Crippen molar-refractivity contribution in [2.24, 2.45) is 5.90 Å². The van der Waals surface area contributed by atoms with Crippen molar-refractivity contribution in [3.8, 4) is 0 Å². The van der Waals surface area contributed by atoms with E-state index in [-0.39, 0.29) is 18.5 Å². The number of nitrogens with two attached hydrogens (primary N) is 1. The summed E-state index contributed by atoms with van der Waals surface area (Å²) in [6.07, 6.45) is -0.0649. The molecule has 0 bridgehead atoms. The van der Waals surface area contributed by atoms with E-state index in [0.717, 1.165) is 0 Å². The minimum absolute atomic E-state index is 0.201. The van der Waals surface area contributed by atoms with E-state index < -0.39 is 0 Å². The average Bonchev–Trinajstić information content (AvgIpc) is 1.87. The van der Waals surface area contributed by atoms with Crippen LogP contribution in [0.4, 0.5) is 0 Å². The first kappa shape index (κ1) is 8.39. The first-order valence-electron chi connectivity index (χ1n) is 2.63. The van der Waals surface area contributed by atoms with Crippen molar-refractivity contribution in [1.29, 1.82) is 0 Å². The zero-order chi connectivity index (χ0) is 7.28. The topological polar surface area (TPSA) is 61.5 Å². The molecule has 4 heteroatoms. The second kappa shape index (κ2) is 4.29. The summed E-state index contributed by atoms with van der Waals surface area (Å²) in [5, 5.41) is 0. The molecule has 0 heterocycles. The molecule has 9 heavy (non-hydrogen) atoms. The molecule has 54 valence electrons. The highest BCUT2D eigenvalue weighted by molar-refractivity contribution is 5.69. The lowest BCUT2D eigenvalue weighted by Crippen LogP contribution is -2.18. The molecule has 0 aliphatic heterocycles. The quantitative estimate of drug-likeness (QED) is 0.429. The molecule has 1 atom stereocenters. The van der Waals surface area contributed by atoms with Gasteiger partial charge in [0.15, 0.2) is 0 Å². The molecule has 0 amide bonds. The van der Waals surface area contributed by atoms with Crippen LogP contribution >= 0.6 is 0 Å². The van der Waals surface area contributed by atoms with Crippen LogP contribution < -0.4 is 5.90 Å². The Hall–Kier alpha value is -0.610. The Morgan fingerprint density at radius 2 is 2.33 bits per heavy atom. The molecule has 0 aliphatic rings. The molecule has 0 rings (SSSR count). The van der Waals surface area contributed by atoms with E-state index in [1.807, 2.05) is 0 Å². The van der Waals surface area contributed by atoms with Gasteiger partial charge in [0.1, 0.15) is 0 Å². The van der Waals surface area contributed by atoms with Crippen molar-refractivity contribution in [2.45, 2.75) is 19.4 Å². The smallest absolute Gasteiger partial charge is 0.308 e. The van der Waals surface area contributed by atoms with Crippen LogP contribution in [0, 0.1) is 0 Å². The van der Waals surface area contributed by atoms with E-state index >= 15 is 0 Å². The fraction of sp³-hybridized carbons (Fsp3) is 0.800. The van der Waals surface area contributed by atoms with Crippen LogP contribution in [-0.4, -0.2) is 19.2 Å². The summed E-state index contributed by atoms with van der Waals surface area (Å²) in [5.41, 5.74) is 0. The van der Waals surface area contributed by atoms with Crippen LogP contribution in [0.25, 0.3) is 0 Å². The highest BCUT2D eigenvalue weighted by Gasteiger charge is 2.06. The maximum Gasteiger partial charge on any atom is 0.308 e. The number of hydrogen-bond acceptors (Lipinski definition) is 4. The van der Waals surface area contributed by atoms with Crippen LogP contribution in [-0.2, 0) is 14.4 Å². The van der Waals surface area contributed by atoms with Gasteiger partial charge in [-0.2, -0.15) is 0 Å². The van der Waals surface area contributed by atoms with Crippen LogP contribution in [0.15, 0.2) is 0 Å². The number of methoxy groups -OCH3 is 1. The Balaban J connectivity index is 3.34. The lowest BCUT2D eigenvalue weighted by Gasteiger charge is -2.04. The largest absolute Gasteiger partial charge is 0.469 e. The summed E-state index contributed by atoms with van der Waals surface area (Å²) in [6, 6.07) is 0. The number of carbonyl (C=O) groups is 1. The lowest BCUT2D eigenvalue weighted by atomic mass is 10.3. The predicted molar refractivity (Wildman–Crippen MR) is 31.4 cm³/mol. The Kier molecular flexibility index (Phi) is 4.00. The van der Waals surface area contributed by atoms with Gasteiger partial charge in [0.05, 0.1) is 19.6 Å². The Morgan fingerprint density at radius 3 is 2.67 bits per heavy atom. The highest BCUT2D eigenvalue weighted by atomic mass is 16.6. The van der Waals surface area contributed by atoms with Crippen molar-refractivity contribution in [1.82, 2.24) is 0 Å². The molecule has 0 aliphatic carbocycles. The summed E-state index contributed by atoms with van der Waals surface area (Å²) in [5.74, 6) is 4.46. The van der Waals surface area contributed by atoms with Gasteiger partial charge >= 0.3 is 5.97 Å². The van der Waals surface area contributed by atoms with Crippen molar-refractivity contribution in [3.05, 3.63) is 0 Å². The summed E-state index contributed by atoms with van der Waals surface area (Å²) >= 11 is 0. The van der Waals surface area contributed by atoms with Crippen molar-refractivity contribution >= 4 is 5.97 Å². The minimum Gasteiger partial charge on any atom is -0.469 e. The second-order valence-corrected chi connectivity index (χ2v) is 1.73. The third-order valence-electron chi connectivity index (χ3n) is 0.914. The second-order valence-electron chi connectivity index (χ2n) is 1.73. The van der Waals surface area contributed by atoms with Crippen molar-refractivity contribution < 1.29 is 14.4 Å². The predicted octanol–water partition coefficient (Wildman–Crippen LogP) is -0.172. The molecule has 0 aromatic heterocycles. The zero-order valence-corrected chi connectivity index (χ0v) is 5.59. The average molecular weight is 133 g/mol. The normalized spacial score (nSPS) is 12.8. The van der Waals surface area contributed by atoms with Gasteiger partial charge < -0.3 is 9.57 Å². The van der Waals surface area contributed by atoms with Crippen LogP contribution in [0.1, 0.15) is 13.3 Å². The molecule has 0 radical (unpaired) electrons. The maximum absolute atomic E-state index is 10.4. The molecular weight excluding hydrogens is 122 g/mol. The van der Waals surface area contributed by atoms with Crippen molar-refractivity contribution in [2.75, 3.05) is 7.11 Å². The van der Waals surface area contributed by atoms with Crippen LogP contribution in [0.5, 0.6) is 0 Å². The van der Waals surface area contributed by atoms with Gasteiger partial charge in [0.25, 0.3) is 0 Å². The van der Waals surface area contributed by atoms with E-state index in [4.69, 9.17) is 5.90 Å². The van der Waals surface area contributed by atoms with E-state index in [2.05, 4.69) is 9.57 Å². The third kappa shape index (κ3) is 3.93. The van der Waals surface area contributed by atoms with E-state index in [1.165, 1.54) is 7.11 Å². The van der Waals surface area contributed by atoms with Gasteiger partial charge in [-0.1, -0.05) is 0 Å². The van der Waals surface area contributed by atoms with Crippen LogP contribution in [0.2, 0.25) is 0 Å². The third-order valence-corrected chi connectivity index (χ3v) is 0.914.